The van der Waals surface area contributed by atoms with Gasteiger partial charge in [-0.25, -0.2) is 9.97 Å². The van der Waals surface area contributed by atoms with Crippen molar-refractivity contribution in [2.75, 3.05) is 13.1 Å². The van der Waals surface area contributed by atoms with Crippen LogP contribution in [0.4, 0.5) is 0 Å². The van der Waals surface area contributed by atoms with Crippen LogP contribution >= 0.6 is 0 Å². The molecule has 0 atom stereocenters. The second-order valence-corrected chi connectivity index (χ2v) is 6.80. The number of nitrogens with zero attached hydrogens (tertiary/aromatic N) is 3. The standard InChI is InChI=1S/C22H22N4O2/c23-11-12-26(13-17-9-7-15-3-1-5-19(27)21(15)24-17)14-18-10-8-16-4-2-6-20(28)22(16)25-18/h1-10,27-28H,11-14,23H2. The van der Waals surface area contributed by atoms with E-state index in [0.29, 0.717) is 37.2 Å². The van der Waals surface area contributed by atoms with Crippen LogP contribution in [0.15, 0.2) is 60.7 Å². The predicted molar refractivity (Wildman–Crippen MR) is 110 cm³/mol. The van der Waals surface area contributed by atoms with Gasteiger partial charge >= 0.3 is 0 Å². The molecule has 4 N–H and O–H groups in total. The largest absolute Gasteiger partial charge is 0.506 e. The Morgan fingerprint density at radius 2 is 1.21 bits per heavy atom. The van der Waals surface area contributed by atoms with E-state index in [4.69, 9.17) is 5.73 Å². The van der Waals surface area contributed by atoms with E-state index in [1.165, 1.54) is 0 Å². The second-order valence-electron chi connectivity index (χ2n) is 6.80. The van der Waals surface area contributed by atoms with Gasteiger partial charge in [0, 0.05) is 37.0 Å². The third-order valence-corrected chi connectivity index (χ3v) is 4.73. The maximum absolute atomic E-state index is 10.1. The van der Waals surface area contributed by atoms with Gasteiger partial charge in [-0.05, 0) is 24.3 Å². The van der Waals surface area contributed by atoms with Crippen molar-refractivity contribution in [3.8, 4) is 11.5 Å². The smallest absolute Gasteiger partial charge is 0.141 e. The number of hydrogen-bond acceptors (Lipinski definition) is 6. The number of aromatic nitrogens is 2. The second kappa shape index (κ2) is 7.80. The lowest BCUT2D eigenvalue weighted by atomic mass is 10.1. The highest BCUT2D eigenvalue weighted by atomic mass is 16.3. The maximum Gasteiger partial charge on any atom is 0.141 e. The highest BCUT2D eigenvalue weighted by Gasteiger charge is 2.11. The number of nitrogens with two attached hydrogens (primary N) is 1. The highest BCUT2D eigenvalue weighted by molar-refractivity contribution is 5.84. The number of para-hydroxylation sites is 2. The van der Waals surface area contributed by atoms with Crippen LogP contribution in [-0.2, 0) is 13.1 Å². The van der Waals surface area contributed by atoms with E-state index in [9.17, 15) is 10.2 Å². The topological polar surface area (TPSA) is 95.5 Å². The fourth-order valence-corrected chi connectivity index (χ4v) is 3.37. The third kappa shape index (κ3) is 3.74. The number of phenolic OH excluding ortho intramolecular Hbond substituents is 2. The van der Waals surface area contributed by atoms with Gasteiger partial charge in [-0.15, -0.1) is 0 Å². The van der Waals surface area contributed by atoms with Gasteiger partial charge in [0.2, 0.25) is 0 Å². The summed E-state index contributed by atoms with van der Waals surface area (Å²) in [6.45, 7) is 2.36. The molecule has 0 amide bonds. The van der Waals surface area contributed by atoms with E-state index in [-0.39, 0.29) is 11.5 Å². The van der Waals surface area contributed by atoms with Gasteiger partial charge in [-0.1, -0.05) is 36.4 Å². The monoisotopic (exact) mass is 374 g/mol. The van der Waals surface area contributed by atoms with Crippen LogP contribution in [0, 0.1) is 0 Å². The van der Waals surface area contributed by atoms with E-state index < -0.39 is 0 Å². The molecule has 0 aliphatic rings. The van der Waals surface area contributed by atoms with Crippen molar-refractivity contribution >= 4 is 21.8 Å². The molecule has 0 unspecified atom stereocenters. The quantitative estimate of drug-likeness (QED) is 0.480. The first-order valence-electron chi connectivity index (χ1n) is 9.22. The van der Waals surface area contributed by atoms with Crippen molar-refractivity contribution in [2.45, 2.75) is 13.1 Å². The number of rotatable bonds is 6. The number of phenols is 2. The first-order chi connectivity index (χ1) is 13.6. The van der Waals surface area contributed by atoms with Crippen molar-refractivity contribution in [1.29, 1.82) is 0 Å². The molecule has 2 aromatic heterocycles. The first kappa shape index (κ1) is 18.2. The van der Waals surface area contributed by atoms with Crippen LogP contribution < -0.4 is 5.73 Å². The number of fused-ring (bicyclic) bond motifs is 2. The molecule has 4 aromatic rings. The Labute approximate surface area is 162 Å². The zero-order chi connectivity index (χ0) is 19.5. The summed E-state index contributed by atoms with van der Waals surface area (Å²) < 4.78 is 0. The van der Waals surface area contributed by atoms with Crippen LogP contribution in [0.25, 0.3) is 21.8 Å². The van der Waals surface area contributed by atoms with E-state index in [2.05, 4.69) is 14.9 Å². The molecule has 0 fully saturated rings. The van der Waals surface area contributed by atoms with Gasteiger partial charge in [-0.2, -0.15) is 0 Å². The van der Waals surface area contributed by atoms with Crippen molar-refractivity contribution in [3.63, 3.8) is 0 Å². The first-order valence-corrected chi connectivity index (χ1v) is 9.22. The van der Waals surface area contributed by atoms with Gasteiger partial charge in [0.05, 0.1) is 11.4 Å². The van der Waals surface area contributed by atoms with Crippen LogP contribution in [0.1, 0.15) is 11.4 Å². The lowest BCUT2D eigenvalue weighted by molar-refractivity contribution is 0.258. The number of hydrogen-bond donors (Lipinski definition) is 3. The molecule has 28 heavy (non-hydrogen) atoms. The Bertz CT molecular complexity index is 1040. The molecule has 4 rings (SSSR count). The summed E-state index contributed by atoms with van der Waals surface area (Å²) in [4.78, 5) is 11.4. The summed E-state index contributed by atoms with van der Waals surface area (Å²) in [7, 11) is 0. The number of aromatic hydroxyl groups is 2. The lowest BCUT2D eigenvalue weighted by Gasteiger charge is -2.21. The maximum atomic E-state index is 10.1. The highest BCUT2D eigenvalue weighted by Crippen LogP contribution is 2.24. The Kier molecular flexibility index (Phi) is 5.06. The van der Waals surface area contributed by atoms with Crippen LogP contribution in [0.5, 0.6) is 11.5 Å². The molecule has 0 spiro atoms. The Balaban J connectivity index is 1.59. The SMILES string of the molecule is NCCN(Cc1ccc2cccc(O)c2n1)Cc1ccc2cccc(O)c2n1. The molecular formula is C22H22N4O2. The summed E-state index contributed by atoms with van der Waals surface area (Å²) in [6, 6.07) is 18.6. The summed E-state index contributed by atoms with van der Waals surface area (Å²) in [5.74, 6) is 0.354. The fourth-order valence-electron chi connectivity index (χ4n) is 3.37. The van der Waals surface area contributed by atoms with Gasteiger partial charge in [0.25, 0.3) is 0 Å². The van der Waals surface area contributed by atoms with Gasteiger partial charge in [0.15, 0.2) is 0 Å². The van der Waals surface area contributed by atoms with E-state index in [0.717, 1.165) is 22.2 Å². The zero-order valence-corrected chi connectivity index (χ0v) is 15.4. The van der Waals surface area contributed by atoms with Gasteiger partial charge in [0.1, 0.15) is 22.5 Å². The van der Waals surface area contributed by atoms with Crippen molar-refractivity contribution in [3.05, 3.63) is 72.1 Å². The molecule has 2 aromatic carbocycles. The fraction of sp³-hybridized carbons (Fsp3) is 0.182. The molecule has 0 radical (unpaired) electrons. The molecule has 0 aliphatic carbocycles. The van der Waals surface area contributed by atoms with Crippen molar-refractivity contribution in [2.24, 2.45) is 5.73 Å². The average molecular weight is 374 g/mol. The Hall–Kier alpha value is -3.22. The Morgan fingerprint density at radius 1 is 0.714 bits per heavy atom. The summed E-state index contributed by atoms with van der Waals surface area (Å²) >= 11 is 0. The average Bonchev–Trinajstić information content (AvgIpc) is 2.69. The van der Waals surface area contributed by atoms with E-state index >= 15 is 0 Å². The Morgan fingerprint density at radius 3 is 1.68 bits per heavy atom. The zero-order valence-electron chi connectivity index (χ0n) is 15.4. The lowest BCUT2D eigenvalue weighted by Crippen LogP contribution is -2.29. The molecule has 0 saturated heterocycles. The molecule has 6 heteroatoms. The molecule has 0 aliphatic heterocycles. The number of pyridine rings is 2. The summed E-state index contributed by atoms with van der Waals surface area (Å²) in [6.07, 6.45) is 0. The number of benzene rings is 2. The van der Waals surface area contributed by atoms with Crippen LogP contribution in [-0.4, -0.2) is 38.2 Å². The minimum absolute atomic E-state index is 0.177. The minimum atomic E-state index is 0.177. The van der Waals surface area contributed by atoms with Crippen LogP contribution in [0.2, 0.25) is 0 Å². The molecule has 142 valence electrons. The van der Waals surface area contributed by atoms with Crippen molar-refractivity contribution in [1.82, 2.24) is 14.9 Å². The normalized spacial score (nSPS) is 11.5. The van der Waals surface area contributed by atoms with Crippen LogP contribution in [0.3, 0.4) is 0 Å². The van der Waals surface area contributed by atoms with E-state index in [1.54, 1.807) is 24.3 Å². The third-order valence-electron chi connectivity index (χ3n) is 4.73. The minimum Gasteiger partial charge on any atom is -0.506 e. The predicted octanol–water partition coefficient (Wildman–Crippen LogP) is 3.16. The van der Waals surface area contributed by atoms with Crippen molar-refractivity contribution < 1.29 is 10.2 Å². The molecule has 0 bridgehead atoms. The summed E-state index contributed by atoms with van der Waals surface area (Å²) in [5, 5.41) is 21.9. The molecule has 0 saturated carbocycles. The van der Waals surface area contributed by atoms with Gasteiger partial charge in [-0.3, -0.25) is 4.90 Å². The van der Waals surface area contributed by atoms with E-state index in [1.807, 2.05) is 36.4 Å². The van der Waals surface area contributed by atoms with Gasteiger partial charge < -0.3 is 15.9 Å². The molecular weight excluding hydrogens is 352 g/mol. The molecule has 6 nitrogen and oxygen atoms in total. The molecule has 2 heterocycles. The summed E-state index contributed by atoms with van der Waals surface area (Å²) in [5.41, 5.74) is 8.71.